The first-order valence-corrected chi connectivity index (χ1v) is 4.14. The van der Waals surface area contributed by atoms with Gasteiger partial charge in [-0.25, -0.2) is 4.98 Å². The highest BCUT2D eigenvalue weighted by atomic mass is 79.9. The Kier molecular flexibility index (Phi) is 2.46. The van der Waals surface area contributed by atoms with Gasteiger partial charge in [0.2, 0.25) is 0 Å². The predicted molar refractivity (Wildman–Crippen MR) is 40.7 cm³/mol. The lowest BCUT2D eigenvalue weighted by Crippen LogP contribution is -1.81. The highest BCUT2D eigenvalue weighted by Crippen LogP contribution is 2.27. The largest absolute Gasteiger partial charge is 0.390 e. The molecule has 0 fully saturated rings. The molecule has 2 nitrogen and oxygen atoms in total. The van der Waals surface area contributed by atoms with Crippen molar-refractivity contribution in [2.24, 2.45) is 0 Å². The fraction of sp³-hybridized carbons (Fsp3) is 0.250. The maximum absolute atomic E-state index is 8.57. The average molecular weight is 228 g/mol. The van der Waals surface area contributed by atoms with E-state index < -0.39 is 0 Å². The molecule has 0 saturated heterocycles. The lowest BCUT2D eigenvalue weighted by molar-refractivity contribution is 0.277. The second-order valence-electron chi connectivity index (χ2n) is 1.35. The quantitative estimate of drug-likeness (QED) is 0.798. The van der Waals surface area contributed by atoms with Gasteiger partial charge in [-0.3, -0.25) is 0 Å². The van der Waals surface area contributed by atoms with Crippen molar-refractivity contribution < 1.29 is 5.11 Å². The summed E-state index contributed by atoms with van der Waals surface area (Å²) in [5.74, 6) is 0. The van der Waals surface area contributed by atoms with Crippen LogP contribution >= 0.6 is 38.9 Å². The summed E-state index contributed by atoms with van der Waals surface area (Å²) < 4.78 is 1.25. The lowest BCUT2D eigenvalue weighted by Gasteiger charge is -1.83. The average Bonchev–Trinajstić information content (AvgIpc) is 2.10. The van der Waals surface area contributed by atoms with Gasteiger partial charge in [-0.2, -0.15) is 0 Å². The smallest absolute Gasteiger partial charge is 0.160 e. The standard InChI is InChI=1S/C4H3BrClNOS/c5-4-7-2(1-8)3(6)9-4/h8H,1H2. The molecule has 1 rings (SSSR count). The van der Waals surface area contributed by atoms with Crippen LogP contribution in [0.5, 0.6) is 0 Å². The Morgan fingerprint density at radius 1 is 1.78 bits per heavy atom. The molecule has 1 aromatic rings. The molecule has 0 aromatic carbocycles. The number of rotatable bonds is 1. The van der Waals surface area contributed by atoms with Gasteiger partial charge in [-0.1, -0.05) is 22.9 Å². The predicted octanol–water partition coefficient (Wildman–Crippen LogP) is 2.05. The van der Waals surface area contributed by atoms with Crippen LogP contribution in [0.25, 0.3) is 0 Å². The molecule has 0 spiro atoms. The molecule has 0 aliphatic rings. The van der Waals surface area contributed by atoms with Gasteiger partial charge in [-0.05, 0) is 15.9 Å². The number of halogens is 2. The first kappa shape index (κ1) is 7.47. The Hall–Kier alpha value is 0.360. The van der Waals surface area contributed by atoms with Crippen molar-refractivity contribution in [1.29, 1.82) is 0 Å². The van der Waals surface area contributed by atoms with Crippen molar-refractivity contribution in [1.82, 2.24) is 4.98 Å². The molecule has 50 valence electrons. The van der Waals surface area contributed by atoms with Crippen LogP contribution in [0.1, 0.15) is 5.69 Å². The van der Waals surface area contributed by atoms with Crippen molar-refractivity contribution >= 4 is 38.9 Å². The van der Waals surface area contributed by atoms with Crippen LogP contribution in [0.15, 0.2) is 3.92 Å². The minimum absolute atomic E-state index is 0.0963. The van der Waals surface area contributed by atoms with Crippen LogP contribution in [0.2, 0.25) is 4.34 Å². The molecule has 1 aromatic heterocycles. The third-order valence-corrected chi connectivity index (χ3v) is 2.56. The number of hydrogen-bond donors (Lipinski definition) is 1. The van der Waals surface area contributed by atoms with E-state index in [1.165, 1.54) is 11.3 Å². The number of aliphatic hydroxyl groups excluding tert-OH is 1. The summed E-state index contributed by atoms with van der Waals surface area (Å²) >= 11 is 10.1. The van der Waals surface area contributed by atoms with Crippen LogP contribution in [0.4, 0.5) is 0 Å². The SMILES string of the molecule is OCc1nc(Br)sc1Cl. The van der Waals surface area contributed by atoms with Gasteiger partial charge in [0.05, 0.1) is 12.3 Å². The van der Waals surface area contributed by atoms with Crippen molar-refractivity contribution in [2.45, 2.75) is 6.61 Å². The van der Waals surface area contributed by atoms with Crippen LogP contribution < -0.4 is 0 Å². The second-order valence-corrected chi connectivity index (χ2v) is 4.22. The lowest BCUT2D eigenvalue weighted by atomic mass is 10.5. The summed E-state index contributed by atoms with van der Waals surface area (Å²) in [6, 6.07) is 0. The number of thiazole rings is 1. The normalized spacial score (nSPS) is 10.1. The Labute approximate surface area is 69.6 Å². The topological polar surface area (TPSA) is 33.1 Å². The molecule has 9 heavy (non-hydrogen) atoms. The zero-order valence-corrected chi connectivity index (χ0v) is 7.42. The van der Waals surface area contributed by atoms with E-state index in [-0.39, 0.29) is 6.61 Å². The molecule has 1 heterocycles. The van der Waals surface area contributed by atoms with E-state index in [1.54, 1.807) is 0 Å². The summed E-state index contributed by atoms with van der Waals surface area (Å²) in [6.45, 7) is -0.0963. The molecule has 0 bridgehead atoms. The van der Waals surface area contributed by atoms with Crippen molar-refractivity contribution in [3.63, 3.8) is 0 Å². The monoisotopic (exact) mass is 227 g/mol. The fourth-order valence-electron chi connectivity index (χ4n) is 0.403. The zero-order chi connectivity index (χ0) is 6.85. The Morgan fingerprint density at radius 2 is 2.44 bits per heavy atom. The summed E-state index contributed by atoms with van der Waals surface area (Å²) in [4.78, 5) is 3.88. The van der Waals surface area contributed by atoms with Gasteiger partial charge in [0, 0.05) is 0 Å². The van der Waals surface area contributed by atoms with E-state index in [9.17, 15) is 0 Å². The van der Waals surface area contributed by atoms with Gasteiger partial charge >= 0.3 is 0 Å². The summed E-state index contributed by atoms with van der Waals surface area (Å²) in [7, 11) is 0. The van der Waals surface area contributed by atoms with Gasteiger partial charge in [-0.15, -0.1) is 0 Å². The van der Waals surface area contributed by atoms with E-state index >= 15 is 0 Å². The third kappa shape index (κ3) is 1.64. The van der Waals surface area contributed by atoms with E-state index in [2.05, 4.69) is 20.9 Å². The Morgan fingerprint density at radius 3 is 2.67 bits per heavy atom. The third-order valence-electron chi connectivity index (χ3n) is 0.773. The van der Waals surface area contributed by atoms with Crippen molar-refractivity contribution in [3.05, 3.63) is 13.9 Å². The molecule has 1 N–H and O–H groups in total. The van der Waals surface area contributed by atoms with E-state index in [4.69, 9.17) is 16.7 Å². The fourth-order valence-corrected chi connectivity index (χ4v) is 2.24. The van der Waals surface area contributed by atoms with Crippen LogP contribution in [-0.2, 0) is 6.61 Å². The molecular formula is C4H3BrClNOS. The van der Waals surface area contributed by atoms with Gasteiger partial charge in [0.15, 0.2) is 3.92 Å². The molecule has 0 aliphatic carbocycles. The Bertz CT molecular complexity index is 214. The van der Waals surface area contributed by atoms with Crippen LogP contribution in [0, 0.1) is 0 Å². The summed E-state index contributed by atoms with van der Waals surface area (Å²) in [6.07, 6.45) is 0. The van der Waals surface area contributed by atoms with Crippen molar-refractivity contribution in [3.8, 4) is 0 Å². The maximum atomic E-state index is 8.57. The number of hydrogen-bond acceptors (Lipinski definition) is 3. The van der Waals surface area contributed by atoms with Crippen molar-refractivity contribution in [2.75, 3.05) is 0 Å². The minimum atomic E-state index is -0.0963. The molecule has 0 aliphatic heterocycles. The molecule has 0 unspecified atom stereocenters. The van der Waals surface area contributed by atoms with Gasteiger partial charge < -0.3 is 5.11 Å². The number of nitrogens with zero attached hydrogens (tertiary/aromatic N) is 1. The molecule has 0 amide bonds. The highest BCUT2D eigenvalue weighted by Gasteiger charge is 2.04. The number of aliphatic hydroxyl groups is 1. The molecule has 5 heteroatoms. The molecular weight excluding hydrogens is 225 g/mol. The molecule has 0 atom stereocenters. The van der Waals surface area contributed by atoms with Gasteiger partial charge in [0.1, 0.15) is 4.34 Å². The van der Waals surface area contributed by atoms with Gasteiger partial charge in [0.25, 0.3) is 0 Å². The Balaban J connectivity index is 3.01. The van der Waals surface area contributed by atoms with E-state index in [0.717, 1.165) is 0 Å². The molecule has 0 radical (unpaired) electrons. The highest BCUT2D eigenvalue weighted by molar-refractivity contribution is 9.11. The van der Waals surface area contributed by atoms with E-state index in [1.807, 2.05) is 0 Å². The second kappa shape index (κ2) is 2.96. The van der Waals surface area contributed by atoms with Crippen LogP contribution in [0.3, 0.4) is 0 Å². The molecule has 0 saturated carbocycles. The minimum Gasteiger partial charge on any atom is -0.390 e. The summed E-state index contributed by atoms with van der Waals surface area (Å²) in [5, 5.41) is 8.57. The zero-order valence-electron chi connectivity index (χ0n) is 4.27. The van der Waals surface area contributed by atoms with E-state index in [0.29, 0.717) is 13.9 Å². The first-order valence-electron chi connectivity index (χ1n) is 2.15. The van der Waals surface area contributed by atoms with Crippen LogP contribution in [-0.4, -0.2) is 10.1 Å². The number of aromatic nitrogens is 1. The summed E-state index contributed by atoms with van der Waals surface area (Å²) in [5.41, 5.74) is 0.536. The first-order chi connectivity index (χ1) is 4.24. The maximum Gasteiger partial charge on any atom is 0.160 e.